The molecule has 3 heterocycles. The van der Waals surface area contributed by atoms with E-state index in [9.17, 15) is 4.21 Å². The van der Waals surface area contributed by atoms with Crippen LogP contribution < -0.4 is 5.73 Å². The Morgan fingerprint density at radius 2 is 2.16 bits per heavy atom. The predicted molar refractivity (Wildman–Crippen MR) is 70.8 cm³/mol. The first-order valence-corrected chi connectivity index (χ1v) is 6.97. The lowest BCUT2D eigenvalue weighted by molar-refractivity contribution is 0.683. The zero-order chi connectivity index (χ0) is 13.4. The van der Waals surface area contributed by atoms with Gasteiger partial charge in [0.15, 0.2) is 11.5 Å². The summed E-state index contributed by atoms with van der Waals surface area (Å²) in [4.78, 5) is 12.4. The Kier molecular flexibility index (Phi) is 2.71. The summed E-state index contributed by atoms with van der Waals surface area (Å²) in [7, 11) is -1.18. The van der Waals surface area contributed by atoms with Crippen LogP contribution in [-0.2, 0) is 10.8 Å². The zero-order valence-corrected chi connectivity index (χ0v) is 10.8. The molecule has 0 fully saturated rings. The summed E-state index contributed by atoms with van der Waals surface area (Å²) in [5, 5.41) is 4.60. The summed E-state index contributed by atoms with van der Waals surface area (Å²) in [6.45, 7) is 0. The third kappa shape index (κ3) is 1.95. The van der Waals surface area contributed by atoms with Crippen LogP contribution in [0.1, 0.15) is 0 Å². The molecule has 0 aromatic carbocycles. The van der Waals surface area contributed by atoms with Gasteiger partial charge in [0.25, 0.3) is 0 Å². The second-order valence-electron chi connectivity index (χ2n) is 3.84. The second-order valence-corrected chi connectivity index (χ2v) is 5.17. The predicted octanol–water partition coefficient (Wildman–Crippen LogP) is 0.506. The molecule has 2 N–H and O–H groups in total. The Morgan fingerprint density at radius 3 is 2.95 bits per heavy atom. The van der Waals surface area contributed by atoms with Crippen LogP contribution in [0.2, 0.25) is 0 Å². The molecule has 1 atom stereocenters. The van der Waals surface area contributed by atoms with Gasteiger partial charge in [-0.05, 0) is 12.1 Å². The number of rotatable bonds is 2. The van der Waals surface area contributed by atoms with Gasteiger partial charge >= 0.3 is 0 Å². The van der Waals surface area contributed by atoms with E-state index in [4.69, 9.17) is 5.73 Å². The summed E-state index contributed by atoms with van der Waals surface area (Å²) in [5.41, 5.74) is 7.69. The second kappa shape index (κ2) is 4.39. The van der Waals surface area contributed by atoms with Gasteiger partial charge in [-0.2, -0.15) is 0 Å². The molecule has 0 radical (unpaired) electrons. The summed E-state index contributed by atoms with van der Waals surface area (Å²) in [6, 6.07) is 3.40. The van der Waals surface area contributed by atoms with E-state index < -0.39 is 10.8 Å². The first kappa shape index (κ1) is 11.7. The Bertz CT molecular complexity index is 784. The van der Waals surface area contributed by atoms with Gasteiger partial charge in [-0.3, -0.25) is 4.21 Å². The molecule has 1 unspecified atom stereocenters. The van der Waals surface area contributed by atoms with Crippen LogP contribution in [0.25, 0.3) is 16.9 Å². The van der Waals surface area contributed by atoms with Crippen LogP contribution in [0.15, 0.2) is 35.9 Å². The minimum absolute atomic E-state index is 0.324. The molecule has 0 amide bonds. The van der Waals surface area contributed by atoms with Crippen LogP contribution in [0, 0.1) is 0 Å². The van der Waals surface area contributed by atoms with Crippen molar-refractivity contribution in [2.75, 3.05) is 12.0 Å². The molecule has 0 bridgehead atoms. The van der Waals surface area contributed by atoms with Gasteiger partial charge in [0.2, 0.25) is 0 Å². The fraction of sp³-hybridized carbons (Fsp3) is 0.0909. The highest BCUT2D eigenvalue weighted by molar-refractivity contribution is 7.84. The maximum atomic E-state index is 11.5. The van der Waals surface area contributed by atoms with E-state index in [0.29, 0.717) is 27.7 Å². The molecule has 3 rings (SSSR count). The monoisotopic (exact) mass is 274 g/mol. The average molecular weight is 274 g/mol. The summed E-state index contributed by atoms with van der Waals surface area (Å²) >= 11 is 0. The standard InChI is InChI=1S/C11H10N6OS/c1-19(18)8-5-7(14-6-15-8)9-10(12)16-17-4-2-3-13-11(9)17/h2-6H,1H3,(H2,12,16). The molecule has 3 aromatic rings. The van der Waals surface area contributed by atoms with E-state index in [2.05, 4.69) is 20.1 Å². The topological polar surface area (TPSA) is 99.1 Å². The number of fused-ring (bicyclic) bond motifs is 1. The molecule has 0 spiro atoms. The summed E-state index contributed by atoms with van der Waals surface area (Å²) in [5.74, 6) is 0.324. The van der Waals surface area contributed by atoms with Gasteiger partial charge < -0.3 is 5.73 Å². The first-order valence-electron chi connectivity index (χ1n) is 5.41. The molecule has 7 nitrogen and oxygen atoms in total. The largest absolute Gasteiger partial charge is 0.382 e. The normalized spacial score (nSPS) is 12.7. The van der Waals surface area contributed by atoms with E-state index in [1.807, 2.05) is 0 Å². The van der Waals surface area contributed by atoms with Gasteiger partial charge in [-0.25, -0.2) is 19.5 Å². The van der Waals surface area contributed by atoms with Crippen molar-refractivity contribution in [3.63, 3.8) is 0 Å². The van der Waals surface area contributed by atoms with Crippen molar-refractivity contribution in [3.05, 3.63) is 30.9 Å². The number of anilines is 1. The van der Waals surface area contributed by atoms with Gasteiger partial charge in [0.1, 0.15) is 11.4 Å². The summed E-state index contributed by atoms with van der Waals surface area (Å²) < 4.78 is 13.0. The lowest BCUT2D eigenvalue weighted by atomic mass is 10.2. The van der Waals surface area contributed by atoms with Crippen LogP contribution in [0.5, 0.6) is 0 Å². The number of nitrogens with two attached hydrogens (primary N) is 1. The van der Waals surface area contributed by atoms with Gasteiger partial charge in [0, 0.05) is 18.6 Å². The Balaban J connectivity index is 2.27. The van der Waals surface area contributed by atoms with E-state index >= 15 is 0 Å². The quantitative estimate of drug-likeness (QED) is 0.683. The molecule has 8 heteroatoms. The van der Waals surface area contributed by atoms with Crippen molar-refractivity contribution in [1.82, 2.24) is 24.6 Å². The zero-order valence-electron chi connectivity index (χ0n) is 10.0. The molecule has 96 valence electrons. The van der Waals surface area contributed by atoms with Gasteiger partial charge in [0.05, 0.1) is 22.1 Å². The fourth-order valence-corrected chi connectivity index (χ4v) is 2.26. The maximum absolute atomic E-state index is 11.5. The molecule has 19 heavy (non-hydrogen) atoms. The number of aromatic nitrogens is 5. The number of nitrogen functional groups attached to an aromatic ring is 1. The van der Waals surface area contributed by atoms with Crippen LogP contribution >= 0.6 is 0 Å². The summed E-state index contributed by atoms with van der Waals surface area (Å²) in [6.07, 6.45) is 6.32. The highest BCUT2D eigenvalue weighted by atomic mass is 32.2. The molecule has 0 saturated heterocycles. The Morgan fingerprint density at radius 1 is 1.32 bits per heavy atom. The van der Waals surface area contributed by atoms with Crippen LogP contribution in [-0.4, -0.2) is 35.0 Å². The van der Waals surface area contributed by atoms with Crippen molar-refractivity contribution >= 4 is 22.3 Å². The highest BCUT2D eigenvalue weighted by Gasteiger charge is 2.15. The molecular weight excluding hydrogens is 264 g/mol. The van der Waals surface area contributed by atoms with E-state index in [-0.39, 0.29) is 0 Å². The van der Waals surface area contributed by atoms with E-state index in [0.717, 1.165) is 0 Å². The lowest BCUT2D eigenvalue weighted by Crippen LogP contribution is -1.96. The number of hydrogen-bond acceptors (Lipinski definition) is 6. The van der Waals surface area contributed by atoms with Crippen molar-refractivity contribution in [2.45, 2.75) is 5.03 Å². The molecule has 0 aliphatic rings. The maximum Gasteiger partial charge on any atom is 0.166 e. The van der Waals surface area contributed by atoms with Crippen molar-refractivity contribution < 1.29 is 4.21 Å². The van der Waals surface area contributed by atoms with Crippen molar-refractivity contribution in [1.29, 1.82) is 0 Å². The van der Waals surface area contributed by atoms with Crippen LogP contribution in [0.3, 0.4) is 0 Å². The average Bonchev–Trinajstić information content (AvgIpc) is 2.74. The van der Waals surface area contributed by atoms with Gasteiger partial charge in [-0.1, -0.05) is 0 Å². The minimum atomic E-state index is -1.18. The third-order valence-corrected chi connectivity index (χ3v) is 3.43. The van der Waals surface area contributed by atoms with Gasteiger partial charge in [-0.15, -0.1) is 5.10 Å². The molecule has 0 saturated carbocycles. The molecule has 0 aliphatic heterocycles. The Labute approximate surface area is 111 Å². The highest BCUT2D eigenvalue weighted by Crippen LogP contribution is 2.27. The van der Waals surface area contributed by atoms with Crippen molar-refractivity contribution in [3.8, 4) is 11.3 Å². The smallest absolute Gasteiger partial charge is 0.166 e. The Hall–Kier alpha value is -2.35. The van der Waals surface area contributed by atoms with E-state index in [1.54, 1.807) is 35.3 Å². The molecular formula is C11H10N6OS. The molecule has 3 aromatic heterocycles. The number of hydrogen-bond donors (Lipinski definition) is 1. The first-order chi connectivity index (χ1) is 9.16. The lowest BCUT2D eigenvalue weighted by Gasteiger charge is -2.00. The van der Waals surface area contributed by atoms with Crippen LogP contribution in [0.4, 0.5) is 5.82 Å². The van der Waals surface area contributed by atoms with Crippen molar-refractivity contribution in [2.24, 2.45) is 0 Å². The third-order valence-electron chi connectivity index (χ3n) is 2.62. The SMILES string of the molecule is CS(=O)c1cc(-c2c(N)nn3cccnc23)ncn1. The fourth-order valence-electron chi connectivity index (χ4n) is 1.78. The van der Waals surface area contributed by atoms with E-state index in [1.165, 1.54) is 6.33 Å². The molecule has 0 aliphatic carbocycles. The minimum Gasteiger partial charge on any atom is -0.382 e. The number of nitrogens with zero attached hydrogens (tertiary/aromatic N) is 5.